The number of hydrogen-bond acceptors (Lipinski definition) is 4. The minimum Gasteiger partial charge on any atom is -0.497 e. The third kappa shape index (κ3) is 3.70. The van der Waals surface area contributed by atoms with Gasteiger partial charge < -0.3 is 14.6 Å². The fourth-order valence-electron chi connectivity index (χ4n) is 4.02. The number of ether oxygens (including phenoxy) is 1. The molecular weight excluding hydrogens is 420 g/mol. The maximum atomic E-state index is 14.2. The van der Waals surface area contributed by atoms with Gasteiger partial charge in [0.2, 0.25) is 5.91 Å². The summed E-state index contributed by atoms with van der Waals surface area (Å²) < 4.78 is 33.6. The first-order valence-corrected chi connectivity index (χ1v) is 10.1. The Bertz CT molecular complexity index is 1340. The summed E-state index contributed by atoms with van der Waals surface area (Å²) in [5.74, 6) is -2.33. The van der Waals surface area contributed by atoms with E-state index in [2.05, 4.69) is 4.98 Å². The van der Waals surface area contributed by atoms with Gasteiger partial charge in [-0.3, -0.25) is 14.2 Å². The van der Waals surface area contributed by atoms with Crippen molar-refractivity contribution in [1.82, 2.24) is 14.5 Å². The highest BCUT2D eigenvalue weighted by molar-refractivity contribution is 5.82. The van der Waals surface area contributed by atoms with Crippen LogP contribution in [0.3, 0.4) is 0 Å². The monoisotopic (exact) mass is 441 g/mol. The van der Waals surface area contributed by atoms with Gasteiger partial charge in [0.25, 0.3) is 5.56 Å². The standard InChI is InChI=1S/C23H21F2N3O4/c1-13-16(14-5-7-15(32-2)8-6-14)4-3-11-27(13)19(29)12-28-22(30)20-18(26-23(28)31)10-9-17(24)21(20)25/h4-10,13H,3,11-12H2,1-2H3,(H,26,31)/t13-/m0/s1. The third-order valence-corrected chi connectivity index (χ3v) is 5.73. The van der Waals surface area contributed by atoms with Crippen LogP contribution in [-0.4, -0.2) is 40.1 Å². The van der Waals surface area contributed by atoms with E-state index < -0.39 is 40.7 Å². The molecule has 1 atom stereocenters. The van der Waals surface area contributed by atoms with E-state index in [1.54, 1.807) is 12.0 Å². The fraction of sp³-hybridized carbons (Fsp3) is 0.261. The molecule has 3 aromatic rings. The molecule has 166 valence electrons. The number of nitrogens with zero attached hydrogens (tertiary/aromatic N) is 2. The van der Waals surface area contributed by atoms with Crippen LogP contribution in [0.5, 0.6) is 5.75 Å². The molecule has 1 amide bonds. The molecule has 4 rings (SSSR count). The minimum atomic E-state index is -1.36. The van der Waals surface area contributed by atoms with Crippen molar-refractivity contribution in [3.63, 3.8) is 0 Å². The van der Waals surface area contributed by atoms with Crippen molar-refractivity contribution >= 4 is 22.4 Å². The molecule has 0 saturated heterocycles. The highest BCUT2D eigenvalue weighted by Crippen LogP contribution is 2.28. The van der Waals surface area contributed by atoms with Crippen LogP contribution in [0.1, 0.15) is 18.9 Å². The number of benzene rings is 2. The molecule has 0 unspecified atom stereocenters. The Morgan fingerprint density at radius 3 is 2.56 bits per heavy atom. The highest BCUT2D eigenvalue weighted by atomic mass is 19.2. The molecule has 0 spiro atoms. The molecule has 0 bridgehead atoms. The molecule has 32 heavy (non-hydrogen) atoms. The average molecular weight is 441 g/mol. The molecular formula is C23H21F2N3O4. The fourth-order valence-corrected chi connectivity index (χ4v) is 4.02. The van der Waals surface area contributed by atoms with E-state index >= 15 is 0 Å². The molecule has 9 heteroatoms. The van der Waals surface area contributed by atoms with Gasteiger partial charge in [-0.05, 0) is 48.7 Å². The van der Waals surface area contributed by atoms with Crippen LogP contribution in [0.15, 0.2) is 52.1 Å². The minimum absolute atomic E-state index is 0.126. The van der Waals surface area contributed by atoms with Crippen molar-refractivity contribution in [3.8, 4) is 5.75 Å². The van der Waals surface area contributed by atoms with Gasteiger partial charge in [-0.25, -0.2) is 13.6 Å². The molecule has 0 aliphatic carbocycles. The number of H-pyrrole nitrogens is 1. The quantitative estimate of drug-likeness (QED) is 0.675. The summed E-state index contributed by atoms with van der Waals surface area (Å²) in [5.41, 5.74) is -0.185. The van der Waals surface area contributed by atoms with Crippen molar-refractivity contribution in [2.45, 2.75) is 25.9 Å². The van der Waals surface area contributed by atoms with E-state index in [0.29, 0.717) is 23.3 Å². The van der Waals surface area contributed by atoms with E-state index in [9.17, 15) is 23.2 Å². The van der Waals surface area contributed by atoms with Crippen LogP contribution in [0.2, 0.25) is 0 Å². The number of carbonyl (C=O) groups excluding carboxylic acids is 1. The van der Waals surface area contributed by atoms with Gasteiger partial charge >= 0.3 is 5.69 Å². The lowest BCUT2D eigenvalue weighted by Crippen LogP contribution is -2.47. The summed E-state index contributed by atoms with van der Waals surface area (Å²) in [4.78, 5) is 42.1. The van der Waals surface area contributed by atoms with Crippen molar-refractivity contribution in [1.29, 1.82) is 0 Å². The normalized spacial score (nSPS) is 16.2. The summed E-state index contributed by atoms with van der Waals surface area (Å²) in [6.45, 7) is 1.68. The Morgan fingerprint density at radius 1 is 1.16 bits per heavy atom. The van der Waals surface area contributed by atoms with Crippen LogP contribution in [0, 0.1) is 11.6 Å². The summed E-state index contributed by atoms with van der Waals surface area (Å²) in [5, 5.41) is -0.595. The zero-order valence-electron chi connectivity index (χ0n) is 17.5. The summed E-state index contributed by atoms with van der Waals surface area (Å²) >= 11 is 0. The van der Waals surface area contributed by atoms with E-state index in [1.165, 1.54) is 0 Å². The summed E-state index contributed by atoms with van der Waals surface area (Å²) in [6.07, 6.45) is 2.64. The lowest BCUT2D eigenvalue weighted by Gasteiger charge is -2.34. The second-order valence-corrected chi connectivity index (χ2v) is 7.55. The maximum absolute atomic E-state index is 14.2. The van der Waals surface area contributed by atoms with E-state index in [0.717, 1.165) is 23.3 Å². The Kier molecular flexibility index (Phi) is 5.65. The number of aromatic nitrogens is 2. The molecule has 0 saturated carbocycles. The van der Waals surface area contributed by atoms with Crippen LogP contribution < -0.4 is 16.0 Å². The Balaban J connectivity index is 1.63. The van der Waals surface area contributed by atoms with Gasteiger partial charge in [-0.1, -0.05) is 18.2 Å². The second kappa shape index (κ2) is 8.41. The van der Waals surface area contributed by atoms with Crippen LogP contribution in [0.4, 0.5) is 8.78 Å². The third-order valence-electron chi connectivity index (χ3n) is 5.73. The second-order valence-electron chi connectivity index (χ2n) is 7.55. The zero-order chi connectivity index (χ0) is 23.0. The van der Waals surface area contributed by atoms with E-state index in [4.69, 9.17) is 4.74 Å². The van der Waals surface area contributed by atoms with Gasteiger partial charge in [0.05, 0.1) is 18.7 Å². The molecule has 0 fully saturated rings. The number of amides is 1. The Morgan fingerprint density at radius 2 is 1.88 bits per heavy atom. The Labute approximate surface area is 181 Å². The lowest BCUT2D eigenvalue weighted by atomic mass is 9.94. The molecule has 7 nitrogen and oxygen atoms in total. The number of halogens is 2. The smallest absolute Gasteiger partial charge is 0.329 e. The maximum Gasteiger partial charge on any atom is 0.329 e. The van der Waals surface area contributed by atoms with Crippen LogP contribution >= 0.6 is 0 Å². The van der Waals surface area contributed by atoms with E-state index in [-0.39, 0.29) is 11.6 Å². The zero-order valence-corrected chi connectivity index (χ0v) is 17.5. The topological polar surface area (TPSA) is 84.4 Å². The number of aromatic amines is 1. The number of hydrogen-bond donors (Lipinski definition) is 1. The van der Waals surface area contributed by atoms with Gasteiger partial charge in [0.15, 0.2) is 11.6 Å². The number of carbonyl (C=O) groups is 1. The van der Waals surface area contributed by atoms with Crippen molar-refractivity contribution < 1.29 is 18.3 Å². The van der Waals surface area contributed by atoms with Crippen LogP contribution in [0.25, 0.3) is 16.5 Å². The molecule has 1 aromatic heterocycles. The predicted molar refractivity (Wildman–Crippen MR) is 116 cm³/mol. The van der Waals surface area contributed by atoms with Gasteiger partial charge in [0, 0.05) is 6.54 Å². The average Bonchev–Trinajstić information content (AvgIpc) is 2.79. The van der Waals surface area contributed by atoms with Crippen molar-refractivity contribution in [2.75, 3.05) is 13.7 Å². The number of nitrogens with one attached hydrogen (secondary N) is 1. The molecule has 1 aliphatic heterocycles. The van der Waals surface area contributed by atoms with Gasteiger partial charge in [-0.2, -0.15) is 0 Å². The largest absolute Gasteiger partial charge is 0.497 e. The van der Waals surface area contributed by atoms with Gasteiger partial charge in [-0.15, -0.1) is 0 Å². The van der Waals surface area contributed by atoms with E-state index in [1.807, 2.05) is 37.3 Å². The molecule has 1 N–H and O–H groups in total. The predicted octanol–water partition coefficient (Wildman–Crippen LogP) is 2.68. The number of methoxy groups -OCH3 is 1. The SMILES string of the molecule is COc1ccc(C2=CCCN(C(=O)Cn3c(=O)[nH]c4ccc(F)c(F)c4c3=O)[C@H]2C)cc1. The molecule has 0 radical (unpaired) electrons. The van der Waals surface area contributed by atoms with Crippen molar-refractivity contribution in [3.05, 3.63) is 80.5 Å². The number of rotatable bonds is 4. The summed E-state index contributed by atoms with van der Waals surface area (Å²) in [7, 11) is 1.58. The van der Waals surface area contributed by atoms with Crippen molar-refractivity contribution in [2.24, 2.45) is 0 Å². The first-order chi connectivity index (χ1) is 15.3. The number of fused-ring (bicyclic) bond motifs is 1. The first-order valence-electron chi connectivity index (χ1n) is 10.1. The summed E-state index contributed by atoms with van der Waals surface area (Å²) in [6, 6.07) is 9.06. The van der Waals surface area contributed by atoms with Crippen LogP contribution in [-0.2, 0) is 11.3 Å². The molecule has 1 aliphatic rings. The Hall–Kier alpha value is -3.75. The lowest BCUT2D eigenvalue weighted by molar-refractivity contribution is -0.133. The first kappa shape index (κ1) is 21.5. The molecule has 2 aromatic carbocycles. The highest BCUT2D eigenvalue weighted by Gasteiger charge is 2.28. The molecule has 2 heterocycles. The van der Waals surface area contributed by atoms with Gasteiger partial charge in [0.1, 0.15) is 17.7 Å².